The Bertz CT molecular complexity index is 445. The Morgan fingerprint density at radius 3 is 2.85 bits per heavy atom. The number of morpholine rings is 1. The second-order valence-electron chi connectivity index (χ2n) is 5.97. The van der Waals surface area contributed by atoms with Gasteiger partial charge in [0.2, 0.25) is 5.91 Å². The van der Waals surface area contributed by atoms with Crippen molar-refractivity contribution in [1.29, 1.82) is 0 Å². The van der Waals surface area contributed by atoms with Crippen molar-refractivity contribution in [2.75, 3.05) is 19.7 Å². The summed E-state index contributed by atoms with van der Waals surface area (Å²) in [6.07, 6.45) is 10.7. The third-order valence-electron chi connectivity index (χ3n) is 4.39. The molecule has 3 rings (SSSR count). The van der Waals surface area contributed by atoms with Gasteiger partial charge in [0.1, 0.15) is 0 Å². The van der Waals surface area contributed by atoms with Gasteiger partial charge in [-0.1, -0.05) is 0 Å². The zero-order valence-corrected chi connectivity index (χ0v) is 11.8. The number of terminal acetylenes is 1. The van der Waals surface area contributed by atoms with Gasteiger partial charge in [-0.05, 0) is 18.8 Å². The van der Waals surface area contributed by atoms with Crippen LogP contribution in [-0.4, -0.2) is 42.3 Å². The number of nitrogens with zero attached hydrogens (tertiary/aromatic N) is 3. The second-order valence-corrected chi connectivity index (χ2v) is 5.97. The number of rotatable bonds is 6. The van der Waals surface area contributed by atoms with E-state index in [0.717, 1.165) is 13.0 Å². The maximum Gasteiger partial charge on any atom is 0.222 e. The van der Waals surface area contributed by atoms with Crippen LogP contribution in [0.2, 0.25) is 0 Å². The van der Waals surface area contributed by atoms with Crippen LogP contribution >= 0.6 is 0 Å². The van der Waals surface area contributed by atoms with Crippen LogP contribution in [-0.2, 0) is 9.53 Å². The molecule has 108 valence electrons. The van der Waals surface area contributed by atoms with E-state index < -0.39 is 0 Å². The number of carbonyl (C=O) groups is 1. The zero-order chi connectivity index (χ0) is 14.0. The minimum Gasteiger partial charge on any atom is -0.374 e. The van der Waals surface area contributed by atoms with Gasteiger partial charge in [-0.3, -0.25) is 4.79 Å². The maximum absolute atomic E-state index is 12.3. The molecule has 0 bridgehead atoms. The van der Waals surface area contributed by atoms with Crippen molar-refractivity contribution >= 4 is 5.91 Å². The van der Waals surface area contributed by atoms with E-state index in [1.54, 1.807) is 0 Å². The largest absolute Gasteiger partial charge is 0.374 e. The van der Waals surface area contributed by atoms with E-state index in [2.05, 4.69) is 16.1 Å². The van der Waals surface area contributed by atoms with Crippen molar-refractivity contribution in [3.63, 3.8) is 0 Å². The molecule has 0 aromatic carbocycles. The average molecular weight is 275 g/mol. The molecule has 0 aromatic rings. The predicted octanol–water partition coefficient (Wildman–Crippen LogP) is 1.98. The summed E-state index contributed by atoms with van der Waals surface area (Å²) < 4.78 is 5.74. The molecule has 0 spiro atoms. The minimum atomic E-state index is -0.343. The number of hydrogen-bond donors (Lipinski definition) is 0. The molecule has 3 aliphatic rings. The van der Waals surface area contributed by atoms with Crippen LogP contribution in [0.15, 0.2) is 10.2 Å². The normalized spacial score (nSPS) is 27.1. The molecule has 0 radical (unpaired) electrons. The third kappa shape index (κ3) is 3.18. The van der Waals surface area contributed by atoms with Gasteiger partial charge in [0.15, 0.2) is 5.66 Å². The molecule has 2 heterocycles. The van der Waals surface area contributed by atoms with Crippen LogP contribution in [0.5, 0.6) is 0 Å². The van der Waals surface area contributed by atoms with Crippen LogP contribution in [0, 0.1) is 18.3 Å². The van der Waals surface area contributed by atoms with E-state index in [9.17, 15) is 4.79 Å². The zero-order valence-electron chi connectivity index (χ0n) is 11.8. The topological polar surface area (TPSA) is 54.3 Å². The van der Waals surface area contributed by atoms with E-state index in [0.29, 0.717) is 38.3 Å². The van der Waals surface area contributed by atoms with Gasteiger partial charge < -0.3 is 9.64 Å². The molecule has 0 aromatic heterocycles. The first kappa shape index (κ1) is 13.6. The molecule has 1 saturated carbocycles. The molecule has 1 unspecified atom stereocenters. The Balaban J connectivity index is 1.43. The number of amides is 1. The van der Waals surface area contributed by atoms with Crippen LogP contribution in [0.25, 0.3) is 0 Å². The molecule has 1 amide bonds. The van der Waals surface area contributed by atoms with E-state index in [1.165, 1.54) is 12.8 Å². The van der Waals surface area contributed by atoms with Crippen LogP contribution in [0.1, 0.15) is 38.5 Å². The lowest BCUT2D eigenvalue weighted by Crippen LogP contribution is -2.46. The lowest BCUT2D eigenvalue weighted by molar-refractivity contribution is -0.139. The molecule has 20 heavy (non-hydrogen) atoms. The van der Waals surface area contributed by atoms with Crippen molar-refractivity contribution in [2.24, 2.45) is 16.1 Å². The number of ether oxygens (including phenoxy) is 1. The molecular weight excluding hydrogens is 254 g/mol. The fraction of sp³-hybridized carbons (Fsp3) is 0.800. The molecule has 1 saturated heterocycles. The highest BCUT2D eigenvalue weighted by molar-refractivity contribution is 5.76. The Hall–Kier alpha value is -1.41. The Labute approximate surface area is 119 Å². The molecule has 2 fully saturated rings. The van der Waals surface area contributed by atoms with Gasteiger partial charge in [-0.25, -0.2) is 0 Å². The fourth-order valence-corrected chi connectivity index (χ4v) is 2.79. The van der Waals surface area contributed by atoms with E-state index in [1.807, 2.05) is 4.90 Å². The van der Waals surface area contributed by atoms with Crippen molar-refractivity contribution in [3.8, 4) is 12.3 Å². The first-order valence-electron chi connectivity index (χ1n) is 7.49. The highest BCUT2D eigenvalue weighted by Crippen LogP contribution is 2.38. The Kier molecular flexibility index (Phi) is 3.75. The standard InChI is InChI=1S/C15H21N3O2/c1-2-3-7-15(16-17-15)8-6-14(19)18-9-10-20-13(11-18)12-4-5-12/h1,12-13H,3-11H2. The van der Waals surface area contributed by atoms with Gasteiger partial charge in [0, 0.05) is 38.8 Å². The summed E-state index contributed by atoms with van der Waals surface area (Å²) in [6, 6.07) is 0. The molecule has 0 N–H and O–H groups in total. The predicted molar refractivity (Wildman–Crippen MR) is 73.9 cm³/mol. The molecule has 5 heteroatoms. The second kappa shape index (κ2) is 5.53. The van der Waals surface area contributed by atoms with Crippen LogP contribution < -0.4 is 0 Å². The smallest absolute Gasteiger partial charge is 0.222 e. The van der Waals surface area contributed by atoms with Gasteiger partial charge >= 0.3 is 0 Å². The SMILES string of the molecule is C#CCCC1(CCC(=O)N2CCOC(C3CC3)C2)N=N1. The highest BCUT2D eigenvalue weighted by atomic mass is 16.5. The van der Waals surface area contributed by atoms with Crippen molar-refractivity contribution in [3.05, 3.63) is 0 Å². The summed E-state index contributed by atoms with van der Waals surface area (Å²) >= 11 is 0. The first-order valence-corrected chi connectivity index (χ1v) is 7.49. The Morgan fingerprint density at radius 1 is 1.40 bits per heavy atom. The van der Waals surface area contributed by atoms with Gasteiger partial charge in [0.25, 0.3) is 0 Å². The van der Waals surface area contributed by atoms with Crippen LogP contribution in [0.4, 0.5) is 0 Å². The van der Waals surface area contributed by atoms with Crippen molar-refractivity contribution < 1.29 is 9.53 Å². The highest BCUT2D eigenvalue weighted by Gasteiger charge is 2.40. The average Bonchev–Trinajstić information content (AvgIpc) is 3.38. The fourth-order valence-electron chi connectivity index (χ4n) is 2.79. The first-order chi connectivity index (χ1) is 9.72. The summed E-state index contributed by atoms with van der Waals surface area (Å²) in [5.41, 5.74) is -0.343. The number of hydrogen-bond acceptors (Lipinski definition) is 4. The molecule has 1 aliphatic carbocycles. The lowest BCUT2D eigenvalue weighted by atomic mass is 10.0. The summed E-state index contributed by atoms with van der Waals surface area (Å²) in [6.45, 7) is 2.15. The molecule has 2 aliphatic heterocycles. The van der Waals surface area contributed by atoms with Crippen LogP contribution in [0.3, 0.4) is 0 Å². The lowest BCUT2D eigenvalue weighted by Gasteiger charge is -2.33. The summed E-state index contributed by atoms with van der Waals surface area (Å²) in [4.78, 5) is 14.2. The van der Waals surface area contributed by atoms with E-state index in [4.69, 9.17) is 11.2 Å². The minimum absolute atomic E-state index is 0.205. The molecule has 5 nitrogen and oxygen atoms in total. The maximum atomic E-state index is 12.3. The quantitative estimate of drug-likeness (QED) is 0.696. The third-order valence-corrected chi connectivity index (χ3v) is 4.39. The summed E-state index contributed by atoms with van der Waals surface area (Å²) in [7, 11) is 0. The van der Waals surface area contributed by atoms with Gasteiger partial charge in [0.05, 0.1) is 12.7 Å². The summed E-state index contributed by atoms with van der Waals surface area (Å²) in [5.74, 6) is 3.49. The summed E-state index contributed by atoms with van der Waals surface area (Å²) in [5, 5.41) is 8.15. The van der Waals surface area contributed by atoms with Gasteiger partial charge in [-0.2, -0.15) is 10.2 Å². The van der Waals surface area contributed by atoms with Crippen molar-refractivity contribution in [2.45, 2.75) is 50.3 Å². The molecular formula is C15H21N3O2. The Morgan fingerprint density at radius 2 is 2.20 bits per heavy atom. The molecule has 1 atom stereocenters. The van der Waals surface area contributed by atoms with E-state index >= 15 is 0 Å². The monoisotopic (exact) mass is 275 g/mol. The number of carbonyl (C=O) groups excluding carboxylic acids is 1. The van der Waals surface area contributed by atoms with E-state index in [-0.39, 0.29) is 17.7 Å². The van der Waals surface area contributed by atoms with Gasteiger partial charge in [-0.15, -0.1) is 12.3 Å². The van der Waals surface area contributed by atoms with Crippen molar-refractivity contribution in [1.82, 2.24) is 4.90 Å².